The number of rotatable bonds is 5. The molecule has 0 amide bonds. The van der Waals surface area contributed by atoms with Crippen LogP contribution in [-0.4, -0.2) is 24.2 Å². The van der Waals surface area contributed by atoms with E-state index in [1.54, 1.807) is 24.1 Å². The fraction of sp³-hybridized carbons (Fsp3) is 0.188. The number of benzene rings is 1. The fourth-order valence-electron chi connectivity index (χ4n) is 1.75. The number of nitrogens with zero attached hydrogens (tertiary/aromatic N) is 1. The topological polar surface area (TPSA) is 41.8 Å². The molecule has 0 aliphatic heterocycles. The monoisotopic (exact) mass is 321 g/mol. The van der Waals surface area contributed by atoms with Crippen molar-refractivity contribution in [2.24, 2.45) is 4.99 Å². The summed E-state index contributed by atoms with van der Waals surface area (Å²) < 4.78 is 5.55. The van der Waals surface area contributed by atoms with E-state index >= 15 is 0 Å². The highest BCUT2D eigenvalue weighted by atomic mass is 35.5. The first kappa shape index (κ1) is 15.7. The average Bonchev–Trinajstić information content (AvgIpc) is 2.66. The number of ether oxygens (including phenoxy) is 1. The van der Waals surface area contributed by atoms with E-state index in [2.05, 4.69) is 4.99 Å². The van der Waals surface area contributed by atoms with Crippen LogP contribution in [-0.2, 0) is 4.74 Å². The molecule has 5 heteroatoms. The number of allylic oxidation sites excluding steroid dienone is 4. The molecule has 1 N–H and O–H groups in total. The largest absolute Gasteiger partial charge is 0.506 e. The normalized spacial score (nSPS) is 15.2. The van der Waals surface area contributed by atoms with Gasteiger partial charge in [-0.2, -0.15) is 0 Å². The summed E-state index contributed by atoms with van der Waals surface area (Å²) in [5.41, 5.74) is 0.923. The van der Waals surface area contributed by atoms with Crippen LogP contribution in [0.1, 0.15) is 6.42 Å². The van der Waals surface area contributed by atoms with E-state index < -0.39 is 0 Å². The summed E-state index contributed by atoms with van der Waals surface area (Å²) in [7, 11) is 0. The third-order valence-electron chi connectivity index (χ3n) is 2.78. The van der Waals surface area contributed by atoms with Gasteiger partial charge in [-0.1, -0.05) is 29.8 Å². The van der Waals surface area contributed by atoms with Crippen molar-refractivity contribution in [1.29, 1.82) is 0 Å². The van der Waals surface area contributed by atoms with Crippen molar-refractivity contribution < 1.29 is 9.84 Å². The lowest BCUT2D eigenvalue weighted by Gasteiger charge is -2.04. The quantitative estimate of drug-likeness (QED) is 0.614. The van der Waals surface area contributed by atoms with Gasteiger partial charge in [0.25, 0.3) is 0 Å². The lowest BCUT2D eigenvalue weighted by molar-refractivity contribution is 0.272. The molecule has 110 valence electrons. The summed E-state index contributed by atoms with van der Waals surface area (Å²) in [4.78, 5) is 5.52. The van der Waals surface area contributed by atoms with Crippen LogP contribution >= 0.6 is 23.4 Å². The Bertz CT molecular complexity index is 620. The average molecular weight is 322 g/mol. The Morgan fingerprint density at radius 1 is 1.38 bits per heavy atom. The van der Waals surface area contributed by atoms with Crippen molar-refractivity contribution in [3.05, 3.63) is 59.0 Å². The number of aliphatic hydroxyl groups is 1. The molecule has 2 rings (SSSR count). The van der Waals surface area contributed by atoms with Gasteiger partial charge in [0.1, 0.15) is 18.1 Å². The predicted molar refractivity (Wildman–Crippen MR) is 89.7 cm³/mol. The number of thioether (sulfide) groups is 1. The zero-order valence-corrected chi connectivity index (χ0v) is 13.2. The van der Waals surface area contributed by atoms with Gasteiger partial charge in [-0.25, -0.2) is 0 Å². The molecule has 0 aromatic heterocycles. The molecule has 0 fully saturated rings. The highest BCUT2D eigenvalue weighted by molar-refractivity contribution is 7.98. The van der Waals surface area contributed by atoms with E-state index in [-0.39, 0.29) is 5.76 Å². The van der Waals surface area contributed by atoms with Crippen molar-refractivity contribution in [2.45, 2.75) is 11.3 Å². The Morgan fingerprint density at radius 2 is 2.19 bits per heavy atom. The maximum Gasteiger partial charge on any atom is 0.137 e. The minimum Gasteiger partial charge on any atom is -0.506 e. The molecule has 21 heavy (non-hydrogen) atoms. The van der Waals surface area contributed by atoms with Gasteiger partial charge in [-0.15, -0.1) is 11.8 Å². The lowest BCUT2D eigenvalue weighted by atomic mass is 10.3. The van der Waals surface area contributed by atoms with Crippen molar-refractivity contribution in [2.75, 3.05) is 12.9 Å². The predicted octanol–water partition coefficient (Wildman–Crippen LogP) is 4.98. The Hall–Kier alpha value is -1.65. The second-order valence-electron chi connectivity index (χ2n) is 4.22. The second kappa shape index (κ2) is 7.96. The molecule has 0 spiro atoms. The molecule has 1 aliphatic carbocycles. The number of aliphatic imine (C=N–C) groups is 1. The highest BCUT2D eigenvalue weighted by Crippen LogP contribution is 2.26. The molecule has 0 saturated carbocycles. The third-order valence-corrected chi connectivity index (χ3v) is 3.91. The van der Waals surface area contributed by atoms with Gasteiger partial charge >= 0.3 is 0 Å². The van der Waals surface area contributed by atoms with Crippen molar-refractivity contribution in [3.63, 3.8) is 0 Å². The van der Waals surface area contributed by atoms with E-state index in [9.17, 15) is 5.11 Å². The van der Waals surface area contributed by atoms with E-state index in [1.807, 2.05) is 36.6 Å². The smallest absolute Gasteiger partial charge is 0.137 e. The van der Waals surface area contributed by atoms with E-state index in [0.29, 0.717) is 23.8 Å². The Kier molecular flexibility index (Phi) is 5.96. The summed E-state index contributed by atoms with van der Waals surface area (Å²) in [5, 5.41) is 9.97. The van der Waals surface area contributed by atoms with Crippen molar-refractivity contribution >= 4 is 35.3 Å². The molecule has 1 aromatic rings. The van der Waals surface area contributed by atoms with Crippen LogP contribution in [0.2, 0.25) is 0 Å². The van der Waals surface area contributed by atoms with Crippen molar-refractivity contribution in [1.82, 2.24) is 0 Å². The number of halogens is 1. The van der Waals surface area contributed by atoms with E-state index in [1.165, 1.54) is 6.08 Å². The Morgan fingerprint density at radius 3 is 3.00 bits per heavy atom. The molecule has 0 saturated heterocycles. The van der Waals surface area contributed by atoms with Crippen LogP contribution in [0, 0.1) is 0 Å². The van der Waals surface area contributed by atoms with Crippen LogP contribution in [0.15, 0.2) is 68.9 Å². The summed E-state index contributed by atoms with van der Waals surface area (Å²) in [6.45, 7) is 0.329. The zero-order chi connectivity index (χ0) is 15.1. The molecule has 3 nitrogen and oxygen atoms in total. The maximum atomic E-state index is 9.63. The van der Waals surface area contributed by atoms with Gasteiger partial charge in [-0.3, -0.25) is 4.99 Å². The van der Waals surface area contributed by atoms with E-state index in [4.69, 9.17) is 16.3 Å². The summed E-state index contributed by atoms with van der Waals surface area (Å²) in [6.07, 6.45) is 9.45. The molecular weight excluding hydrogens is 306 g/mol. The first-order chi connectivity index (χ1) is 10.2. The molecule has 0 atom stereocenters. The Labute approximate surface area is 133 Å². The van der Waals surface area contributed by atoms with Crippen molar-refractivity contribution in [3.8, 4) is 0 Å². The SMILES string of the molecule is CSc1ccccc1N=CCOC1=CCC=C(Cl)C(O)=C1. The standard InChI is InChI=1S/C16H16ClNO2S/c1-21-16-8-3-2-7-14(16)18-9-10-20-12-5-4-6-13(17)15(19)11-12/h2-3,5-9,11,19H,4,10H2,1H3. The zero-order valence-electron chi connectivity index (χ0n) is 11.6. The summed E-state index contributed by atoms with van der Waals surface area (Å²) in [6, 6.07) is 7.93. The van der Waals surface area contributed by atoms with Gasteiger partial charge in [-0.05, 0) is 30.9 Å². The van der Waals surface area contributed by atoms with Gasteiger partial charge in [0.05, 0.1) is 10.7 Å². The van der Waals surface area contributed by atoms with Crippen LogP contribution in [0.4, 0.5) is 5.69 Å². The first-order valence-electron chi connectivity index (χ1n) is 6.46. The maximum absolute atomic E-state index is 9.63. The molecule has 0 bridgehead atoms. The van der Waals surface area contributed by atoms with Crippen LogP contribution in [0.25, 0.3) is 0 Å². The molecule has 0 unspecified atom stereocenters. The van der Waals surface area contributed by atoms with Crippen LogP contribution in [0.3, 0.4) is 0 Å². The number of para-hydroxylation sites is 1. The number of hydrogen-bond acceptors (Lipinski definition) is 4. The Balaban J connectivity index is 1.93. The minimum absolute atomic E-state index is 0.0186. The molecular formula is C16H16ClNO2S. The fourth-order valence-corrected chi connectivity index (χ4v) is 2.44. The first-order valence-corrected chi connectivity index (χ1v) is 8.06. The lowest BCUT2D eigenvalue weighted by Crippen LogP contribution is -1.95. The van der Waals surface area contributed by atoms with Crippen LogP contribution < -0.4 is 0 Å². The van der Waals surface area contributed by atoms with Gasteiger partial charge in [0.15, 0.2) is 0 Å². The van der Waals surface area contributed by atoms with Crippen LogP contribution in [0.5, 0.6) is 0 Å². The second-order valence-corrected chi connectivity index (χ2v) is 5.47. The molecule has 0 heterocycles. The highest BCUT2D eigenvalue weighted by Gasteiger charge is 2.05. The summed E-state index contributed by atoms with van der Waals surface area (Å²) >= 11 is 7.49. The van der Waals surface area contributed by atoms with Gasteiger partial charge in [0.2, 0.25) is 0 Å². The van der Waals surface area contributed by atoms with Gasteiger partial charge < -0.3 is 9.84 Å². The molecule has 0 radical (unpaired) electrons. The third kappa shape index (κ3) is 4.69. The molecule has 1 aliphatic rings. The summed E-state index contributed by atoms with van der Waals surface area (Å²) in [5.74, 6) is 0.606. The van der Waals surface area contributed by atoms with Gasteiger partial charge in [0, 0.05) is 17.2 Å². The number of hydrogen-bond donors (Lipinski definition) is 1. The molecule has 1 aromatic carbocycles. The minimum atomic E-state index is 0.0186. The number of aliphatic hydroxyl groups excluding tert-OH is 1. The van der Waals surface area contributed by atoms with E-state index in [0.717, 1.165) is 10.6 Å².